The molecule has 1 aromatic carbocycles. The number of nitrogen functional groups attached to an aromatic ring is 1. The molecule has 1 rings (SSSR count). The molecule has 0 spiro atoms. The Morgan fingerprint density at radius 2 is 1.92 bits per heavy atom. The van der Waals surface area contributed by atoms with Crippen LogP contribution in [0.4, 0.5) is 18.9 Å². The highest BCUT2D eigenvalue weighted by Crippen LogP contribution is 2.30. The fourth-order valence-corrected chi connectivity index (χ4v) is 0.983. The summed E-state index contributed by atoms with van der Waals surface area (Å²) in [6.45, 7) is 0. The van der Waals surface area contributed by atoms with Crippen LogP contribution in [0.2, 0.25) is 5.02 Å². The topological polar surface area (TPSA) is 26.0 Å². The molecule has 0 aliphatic carbocycles. The van der Waals surface area contributed by atoms with Crippen molar-refractivity contribution in [2.45, 2.75) is 6.43 Å². The number of benzene rings is 1. The van der Waals surface area contributed by atoms with E-state index >= 15 is 0 Å². The van der Waals surface area contributed by atoms with E-state index in [1.165, 1.54) is 0 Å². The molecule has 12 heavy (non-hydrogen) atoms. The van der Waals surface area contributed by atoms with Crippen LogP contribution < -0.4 is 5.73 Å². The molecule has 0 fully saturated rings. The lowest BCUT2D eigenvalue weighted by atomic mass is 10.2. The van der Waals surface area contributed by atoms with E-state index in [1.54, 1.807) is 0 Å². The summed E-state index contributed by atoms with van der Waals surface area (Å²) in [4.78, 5) is 0. The van der Waals surface area contributed by atoms with Gasteiger partial charge < -0.3 is 5.73 Å². The van der Waals surface area contributed by atoms with Crippen LogP contribution in [0.1, 0.15) is 12.0 Å². The van der Waals surface area contributed by atoms with E-state index in [0.717, 1.165) is 12.1 Å². The Hall–Kier alpha value is -0.900. The molecule has 0 amide bonds. The first-order chi connectivity index (χ1) is 5.52. The minimum absolute atomic E-state index is 0.309. The molecule has 0 unspecified atom stereocenters. The molecule has 0 saturated carbocycles. The van der Waals surface area contributed by atoms with Crippen molar-refractivity contribution in [3.63, 3.8) is 0 Å². The van der Waals surface area contributed by atoms with Crippen LogP contribution in [0.3, 0.4) is 0 Å². The van der Waals surface area contributed by atoms with Gasteiger partial charge in [-0.1, -0.05) is 11.6 Å². The number of hydrogen-bond donors (Lipinski definition) is 1. The molecule has 0 saturated heterocycles. The summed E-state index contributed by atoms with van der Waals surface area (Å²) in [7, 11) is 0. The van der Waals surface area contributed by atoms with Gasteiger partial charge in [0.15, 0.2) is 0 Å². The van der Waals surface area contributed by atoms with Gasteiger partial charge in [0.05, 0.1) is 10.7 Å². The Balaban J connectivity index is 3.23. The zero-order chi connectivity index (χ0) is 9.30. The molecule has 2 N–H and O–H groups in total. The van der Waals surface area contributed by atoms with Crippen LogP contribution in [0.25, 0.3) is 0 Å². The van der Waals surface area contributed by atoms with Crippen molar-refractivity contribution in [2.75, 3.05) is 5.73 Å². The molecular weight excluding hydrogens is 191 g/mol. The Morgan fingerprint density at radius 3 is 2.42 bits per heavy atom. The van der Waals surface area contributed by atoms with E-state index in [2.05, 4.69) is 0 Å². The standard InChI is InChI=1S/C7H5ClF3N/c8-4-2-5(9)6(12)1-3(4)7(10)11/h1-2,7H,12H2. The molecule has 0 aromatic heterocycles. The Labute approximate surface area is 71.9 Å². The summed E-state index contributed by atoms with van der Waals surface area (Å²) in [6, 6.07) is 1.61. The maximum absolute atomic E-state index is 12.6. The van der Waals surface area contributed by atoms with E-state index in [4.69, 9.17) is 17.3 Å². The number of nitrogens with two attached hydrogens (primary N) is 1. The third-order valence-corrected chi connectivity index (χ3v) is 1.68. The van der Waals surface area contributed by atoms with E-state index < -0.39 is 17.8 Å². The molecule has 1 nitrogen and oxygen atoms in total. The van der Waals surface area contributed by atoms with Gasteiger partial charge in [0.2, 0.25) is 0 Å². The minimum Gasteiger partial charge on any atom is -0.396 e. The lowest BCUT2D eigenvalue weighted by Crippen LogP contribution is -1.94. The second-order valence-corrected chi connectivity index (χ2v) is 2.60. The van der Waals surface area contributed by atoms with Gasteiger partial charge in [-0.15, -0.1) is 0 Å². The summed E-state index contributed by atoms with van der Waals surface area (Å²) in [5, 5.41) is -0.309. The largest absolute Gasteiger partial charge is 0.396 e. The van der Waals surface area contributed by atoms with Crippen LogP contribution in [0.5, 0.6) is 0 Å². The Bertz CT molecular complexity index is 301. The average molecular weight is 196 g/mol. The normalized spacial score (nSPS) is 10.8. The van der Waals surface area contributed by atoms with Crippen molar-refractivity contribution in [2.24, 2.45) is 0 Å². The second kappa shape index (κ2) is 3.23. The number of hydrogen-bond acceptors (Lipinski definition) is 1. The third kappa shape index (κ3) is 1.64. The van der Waals surface area contributed by atoms with Gasteiger partial charge in [0.1, 0.15) is 5.82 Å². The molecule has 0 atom stereocenters. The summed E-state index contributed by atoms with van der Waals surface area (Å²) in [5.41, 5.74) is 4.29. The lowest BCUT2D eigenvalue weighted by Gasteiger charge is -2.04. The maximum Gasteiger partial charge on any atom is 0.265 e. The fraction of sp³-hybridized carbons (Fsp3) is 0.143. The fourth-order valence-electron chi connectivity index (χ4n) is 0.751. The quantitative estimate of drug-likeness (QED) is 0.685. The smallest absolute Gasteiger partial charge is 0.265 e. The molecule has 1 aromatic rings. The highest BCUT2D eigenvalue weighted by molar-refractivity contribution is 6.31. The second-order valence-electron chi connectivity index (χ2n) is 2.20. The molecule has 0 heterocycles. The average Bonchev–Trinajstić information content (AvgIpc) is 1.96. The highest BCUT2D eigenvalue weighted by Gasteiger charge is 2.14. The summed E-state index contributed by atoms with van der Waals surface area (Å²) < 4.78 is 36.7. The van der Waals surface area contributed by atoms with Crippen molar-refractivity contribution in [1.29, 1.82) is 0 Å². The lowest BCUT2D eigenvalue weighted by molar-refractivity contribution is 0.151. The molecule has 0 bridgehead atoms. The number of rotatable bonds is 1. The maximum atomic E-state index is 12.6. The van der Waals surface area contributed by atoms with E-state index in [0.29, 0.717) is 0 Å². The molecular formula is C7H5ClF3N. The molecule has 0 radical (unpaired) electrons. The van der Waals surface area contributed by atoms with Gasteiger partial charge in [-0.05, 0) is 12.1 Å². The zero-order valence-electron chi connectivity index (χ0n) is 5.82. The van der Waals surface area contributed by atoms with Crippen molar-refractivity contribution in [3.8, 4) is 0 Å². The monoisotopic (exact) mass is 195 g/mol. The van der Waals surface area contributed by atoms with Crippen LogP contribution >= 0.6 is 11.6 Å². The van der Waals surface area contributed by atoms with Crippen LogP contribution in [0, 0.1) is 5.82 Å². The first kappa shape index (κ1) is 9.19. The first-order valence-corrected chi connectivity index (χ1v) is 3.42. The van der Waals surface area contributed by atoms with Gasteiger partial charge in [0, 0.05) is 5.56 Å². The molecule has 66 valence electrons. The summed E-state index contributed by atoms with van der Waals surface area (Å²) >= 11 is 5.32. The number of alkyl halides is 2. The number of halogens is 4. The number of anilines is 1. The van der Waals surface area contributed by atoms with Crippen LogP contribution in [0.15, 0.2) is 12.1 Å². The van der Waals surface area contributed by atoms with Crippen LogP contribution in [-0.4, -0.2) is 0 Å². The summed E-state index contributed by atoms with van der Waals surface area (Å²) in [5.74, 6) is -0.788. The first-order valence-electron chi connectivity index (χ1n) is 3.05. The van der Waals surface area contributed by atoms with E-state index in [1.807, 2.05) is 0 Å². The van der Waals surface area contributed by atoms with Crippen molar-refractivity contribution in [3.05, 3.63) is 28.5 Å². The van der Waals surface area contributed by atoms with Gasteiger partial charge in [-0.3, -0.25) is 0 Å². The van der Waals surface area contributed by atoms with E-state index in [-0.39, 0.29) is 10.7 Å². The highest BCUT2D eigenvalue weighted by atomic mass is 35.5. The van der Waals surface area contributed by atoms with Gasteiger partial charge in [-0.25, -0.2) is 13.2 Å². The zero-order valence-corrected chi connectivity index (χ0v) is 6.58. The Kier molecular flexibility index (Phi) is 2.47. The summed E-state index contributed by atoms with van der Waals surface area (Å²) in [6.07, 6.45) is -2.74. The molecule has 0 aliphatic rings. The van der Waals surface area contributed by atoms with Crippen molar-refractivity contribution >= 4 is 17.3 Å². The van der Waals surface area contributed by atoms with Crippen molar-refractivity contribution in [1.82, 2.24) is 0 Å². The van der Waals surface area contributed by atoms with E-state index in [9.17, 15) is 13.2 Å². The predicted molar refractivity (Wildman–Crippen MR) is 40.8 cm³/mol. The van der Waals surface area contributed by atoms with Gasteiger partial charge >= 0.3 is 0 Å². The van der Waals surface area contributed by atoms with Crippen molar-refractivity contribution < 1.29 is 13.2 Å². The SMILES string of the molecule is Nc1cc(C(F)F)c(Cl)cc1F. The van der Waals surface area contributed by atoms with Gasteiger partial charge in [0.25, 0.3) is 6.43 Å². The third-order valence-electron chi connectivity index (χ3n) is 1.35. The van der Waals surface area contributed by atoms with Gasteiger partial charge in [-0.2, -0.15) is 0 Å². The minimum atomic E-state index is -2.74. The molecule has 0 aliphatic heterocycles. The molecule has 5 heteroatoms. The predicted octanol–water partition coefficient (Wildman–Crippen LogP) is 3.00. The Morgan fingerprint density at radius 1 is 1.33 bits per heavy atom. The van der Waals surface area contributed by atoms with Crippen LogP contribution in [-0.2, 0) is 0 Å².